The molecule has 0 unspecified atom stereocenters. The van der Waals surface area contributed by atoms with Crippen molar-refractivity contribution in [3.05, 3.63) is 63.6 Å². The van der Waals surface area contributed by atoms with E-state index in [-0.39, 0.29) is 17.9 Å². The van der Waals surface area contributed by atoms with Crippen LogP contribution in [0.15, 0.2) is 40.9 Å². The molecular formula is C15H8BrF2NO2. The molecule has 1 heterocycles. The van der Waals surface area contributed by atoms with E-state index in [1.807, 2.05) is 0 Å². The summed E-state index contributed by atoms with van der Waals surface area (Å²) < 4.78 is 26.6. The number of ketones is 1. The van der Waals surface area contributed by atoms with Crippen LogP contribution in [0.2, 0.25) is 0 Å². The molecule has 0 atom stereocenters. The first-order valence-electron chi connectivity index (χ1n) is 6.07. The third-order valence-electron chi connectivity index (χ3n) is 3.24. The molecule has 3 nitrogen and oxygen atoms in total. The number of Topliss-reactive ketones (excluding diaryl/α,β-unsaturated/α-hetero) is 1. The smallest absolute Gasteiger partial charge is 0.299 e. The van der Waals surface area contributed by atoms with Gasteiger partial charge in [0.2, 0.25) is 0 Å². The van der Waals surface area contributed by atoms with Crippen LogP contribution in [0.4, 0.5) is 14.5 Å². The van der Waals surface area contributed by atoms with Crippen LogP contribution in [-0.2, 0) is 11.3 Å². The van der Waals surface area contributed by atoms with Gasteiger partial charge in [0.1, 0.15) is 11.6 Å². The first kappa shape index (κ1) is 13.9. The van der Waals surface area contributed by atoms with Gasteiger partial charge >= 0.3 is 0 Å². The number of amides is 1. The number of fused-ring (bicyclic) bond motifs is 1. The normalized spacial score (nSPS) is 13.8. The lowest BCUT2D eigenvalue weighted by atomic mass is 10.1. The van der Waals surface area contributed by atoms with E-state index in [2.05, 4.69) is 15.9 Å². The average molecular weight is 352 g/mol. The molecule has 0 radical (unpaired) electrons. The summed E-state index contributed by atoms with van der Waals surface area (Å²) in [5, 5.41) is 0. The molecule has 2 aromatic carbocycles. The van der Waals surface area contributed by atoms with Crippen molar-refractivity contribution in [2.24, 2.45) is 0 Å². The van der Waals surface area contributed by atoms with Crippen LogP contribution < -0.4 is 4.90 Å². The maximum absolute atomic E-state index is 13.4. The standard InChI is InChI=1S/C15H8BrF2NO2/c16-12-6-10(18)5-11-13(12)19(15(21)14(11)20)7-8-1-3-9(17)4-2-8/h1-6H,7H2. The monoisotopic (exact) mass is 351 g/mol. The number of hydrogen-bond donors (Lipinski definition) is 0. The van der Waals surface area contributed by atoms with E-state index in [9.17, 15) is 18.4 Å². The van der Waals surface area contributed by atoms with E-state index in [4.69, 9.17) is 0 Å². The van der Waals surface area contributed by atoms with Gasteiger partial charge in [-0.3, -0.25) is 14.5 Å². The highest BCUT2D eigenvalue weighted by atomic mass is 79.9. The van der Waals surface area contributed by atoms with Gasteiger partial charge in [-0.2, -0.15) is 0 Å². The molecule has 1 aliphatic rings. The number of nitrogens with zero attached hydrogens (tertiary/aromatic N) is 1. The number of hydrogen-bond acceptors (Lipinski definition) is 2. The Morgan fingerprint density at radius 3 is 2.33 bits per heavy atom. The predicted molar refractivity (Wildman–Crippen MR) is 76.0 cm³/mol. The van der Waals surface area contributed by atoms with Crippen molar-refractivity contribution < 1.29 is 18.4 Å². The second kappa shape index (κ2) is 5.04. The third-order valence-corrected chi connectivity index (χ3v) is 3.84. The summed E-state index contributed by atoms with van der Waals surface area (Å²) in [4.78, 5) is 25.2. The number of carbonyl (C=O) groups is 2. The van der Waals surface area contributed by atoms with Crippen LogP contribution in [0.1, 0.15) is 15.9 Å². The minimum Gasteiger partial charge on any atom is -0.299 e. The van der Waals surface area contributed by atoms with Crippen LogP contribution in [-0.4, -0.2) is 11.7 Å². The lowest BCUT2D eigenvalue weighted by Gasteiger charge is -2.18. The molecule has 0 saturated heterocycles. The largest absolute Gasteiger partial charge is 0.299 e. The Labute approximate surface area is 127 Å². The quantitative estimate of drug-likeness (QED) is 0.777. The van der Waals surface area contributed by atoms with Gasteiger partial charge < -0.3 is 0 Å². The highest BCUT2D eigenvalue weighted by Gasteiger charge is 2.37. The van der Waals surface area contributed by atoms with Crippen LogP contribution in [0.5, 0.6) is 0 Å². The molecule has 0 spiro atoms. The predicted octanol–water partition coefficient (Wildman–Crippen LogP) is 3.46. The van der Waals surface area contributed by atoms with Crippen molar-refractivity contribution in [1.29, 1.82) is 0 Å². The molecule has 1 amide bonds. The topological polar surface area (TPSA) is 37.4 Å². The minimum atomic E-state index is -0.743. The lowest BCUT2D eigenvalue weighted by Crippen LogP contribution is -2.29. The summed E-state index contributed by atoms with van der Waals surface area (Å²) in [5.41, 5.74) is 1.05. The second-order valence-corrected chi connectivity index (χ2v) is 5.49. The Bertz CT molecular complexity index is 759. The number of benzene rings is 2. The first-order valence-corrected chi connectivity index (χ1v) is 6.86. The Morgan fingerprint density at radius 1 is 1.00 bits per heavy atom. The van der Waals surface area contributed by atoms with E-state index in [1.54, 1.807) is 0 Å². The summed E-state index contributed by atoms with van der Waals surface area (Å²) in [5.74, 6) is -2.44. The van der Waals surface area contributed by atoms with Crippen LogP contribution in [0, 0.1) is 11.6 Å². The molecule has 0 aliphatic carbocycles. The molecular weight excluding hydrogens is 344 g/mol. The van der Waals surface area contributed by atoms with Gasteiger partial charge in [0.15, 0.2) is 0 Å². The highest BCUT2D eigenvalue weighted by molar-refractivity contribution is 9.10. The van der Waals surface area contributed by atoms with Gasteiger partial charge in [0, 0.05) is 4.47 Å². The fraction of sp³-hybridized carbons (Fsp3) is 0.0667. The maximum Gasteiger partial charge on any atom is 0.299 e. The van der Waals surface area contributed by atoms with Gasteiger partial charge in [0.25, 0.3) is 11.7 Å². The number of anilines is 1. The first-order chi connectivity index (χ1) is 9.97. The summed E-state index contributed by atoms with van der Waals surface area (Å²) >= 11 is 3.17. The van der Waals surface area contributed by atoms with E-state index in [0.29, 0.717) is 15.7 Å². The summed E-state index contributed by atoms with van der Waals surface area (Å²) in [6.07, 6.45) is 0. The number of rotatable bonds is 2. The van der Waals surface area contributed by atoms with E-state index < -0.39 is 17.5 Å². The van der Waals surface area contributed by atoms with Gasteiger partial charge in [-0.1, -0.05) is 12.1 Å². The van der Waals surface area contributed by atoms with E-state index in [0.717, 1.165) is 6.07 Å². The van der Waals surface area contributed by atoms with Crippen LogP contribution >= 0.6 is 15.9 Å². The van der Waals surface area contributed by atoms with E-state index in [1.165, 1.54) is 35.2 Å². The molecule has 21 heavy (non-hydrogen) atoms. The molecule has 0 bridgehead atoms. The van der Waals surface area contributed by atoms with Crippen LogP contribution in [0.25, 0.3) is 0 Å². The van der Waals surface area contributed by atoms with Crippen molar-refractivity contribution in [2.75, 3.05) is 4.90 Å². The number of carbonyl (C=O) groups excluding carboxylic acids is 2. The third kappa shape index (κ3) is 2.35. The minimum absolute atomic E-state index is 0.0361. The summed E-state index contributed by atoms with van der Waals surface area (Å²) in [6, 6.07) is 7.86. The Morgan fingerprint density at radius 2 is 1.67 bits per heavy atom. The van der Waals surface area contributed by atoms with Gasteiger partial charge in [0.05, 0.1) is 17.8 Å². The second-order valence-electron chi connectivity index (χ2n) is 4.63. The summed E-state index contributed by atoms with van der Waals surface area (Å²) in [7, 11) is 0. The number of halogens is 3. The SMILES string of the molecule is O=C1C(=O)N(Cc2ccc(F)cc2)c2c(Br)cc(F)cc21. The Kier molecular flexibility index (Phi) is 3.33. The molecule has 6 heteroatoms. The average Bonchev–Trinajstić information content (AvgIpc) is 2.67. The maximum atomic E-state index is 13.4. The Hall–Kier alpha value is -2.08. The fourth-order valence-electron chi connectivity index (χ4n) is 2.28. The zero-order valence-corrected chi connectivity index (χ0v) is 12.2. The van der Waals surface area contributed by atoms with Crippen LogP contribution in [0.3, 0.4) is 0 Å². The molecule has 0 N–H and O–H groups in total. The van der Waals surface area contributed by atoms with Crippen molar-refractivity contribution in [3.63, 3.8) is 0 Å². The molecule has 1 aliphatic heterocycles. The fourth-order valence-corrected chi connectivity index (χ4v) is 2.92. The van der Waals surface area contributed by atoms with Crippen molar-refractivity contribution in [2.45, 2.75) is 6.54 Å². The molecule has 106 valence electrons. The van der Waals surface area contributed by atoms with Crippen molar-refractivity contribution in [1.82, 2.24) is 0 Å². The van der Waals surface area contributed by atoms with Crippen molar-refractivity contribution in [3.8, 4) is 0 Å². The molecule has 2 aromatic rings. The molecule has 0 saturated carbocycles. The molecule has 3 rings (SSSR count). The van der Waals surface area contributed by atoms with E-state index >= 15 is 0 Å². The van der Waals surface area contributed by atoms with Gasteiger partial charge in [-0.25, -0.2) is 8.78 Å². The zero-order chi connectivity index (χ0) is 15.1. The molecule has 0 aromatic heterocycles. The molecule has 0 fully saturated rings. The zero-order valence-electron chi connectivity index (χ0n) is 10.6. The van der Waals surface area contributed by atoms with Gasteiger partial charge in [-0.05, 0) is 45.8 Å². The van der Waals surface area contributed by atoms with Gasteiger partial charge in [-0.15, -0.1) is 0 Å². The van der Waals surface area contributed by atoms with Crippen molar-refractivity contribution >= 4 is 33.3 Å². The summed E-state index contributed by atoms with van der Waals surface area (Å²) in [6.45, 7) is 0.113. The lowest BCUT2D eigenvalue weighted by molar-refractivity contribution is -0.114. The highest BCUT2D eigenvalue weighted by Crippen LogP contribution is 2.37. The Balaban J connectivity index is 2.03.